The normalized spacial score (nSPS) is 25.5. The van der Waals surface area contributed by atoms with Crippen molar-refractivity contribution < 1.29 is 4.79 Å². The number of likely N-dealkylation sites (tertiary alicyclic amines) is 2. The number of piperidine rings is 1. The Balaban J connectivity index is 1.90. The topological polar surface area (TPSA) is 49.6 Å². The summed E-state index contributed by atoms with van der Waals surface area (Å²) >= 11 is 0. The number of nitrogens with two attached hydrogens (primary N) is 1. The number of hydrogen-bond donors (Lipinski definition) is 1. The minimum Gasteiger partial charge on any atom is -0.343 e. The standard InChI is InChI=1S/C15H29N3O/c1-15(2)6-5-9-18(12-15)13(11-16)10-14(19)17-7-3-4-8-17/h13H,3-12,16H2,1-2H3. The lowest BCUT2D eigenvalue weighted by atomic mass is 9.83. The number of carbonyl (C=O) groups is 1. The van der Waals surface area contributed by atoms with E-state index in [0.717, 1.165) is 39.0 Å². The first-order valence-corrected chi connectivity index (χ1v) is 7.74. The summed E-state index contributed by atoms with van der Waals surface area (Å²) in [5.41, 5.74) is 6.29. The van der Waals surface area contributed by atoms with E-state index in [2.05, 4.69) is 18.7 Å². The zero-order valence-electron chi connectivity index (χ0n) is 12.5. The number of nitrogens with zero attached hydrogens (tertiary/aromatic N) is 2. The molecule has 1 atom stereocenters. The van der Waals surface area contributed by atoms with E-state index < -0.39 is 0 Å². The molecule has 0 saturated carbocycles. The van der Waals surface area contributed by atoms with Crippen LogP contribution in [0.1, 0.15) is 46.0 Å². The average molecular weight is 267 g/mol. The van der Waals surface area contributed by atoms with Crippen molar-refractivity contribution in [2.75, 3.05) is 32.7 Å². The molecular weight excluding hydrogens is 238 g/mol. The minimum atomic E-state index is 0.229. The Morgan fingerprint density at radius 3 is 2.47 bits per heavy atom. The average Bonchev–Trinajstić information content (AvgIpc) is 2.88. The smallest absolute Gasteiger partial charge is 0.224 e. The molecule has 2 heterocycles. The molecule has 4 heteroatoms. The molecule has 19 heavy (non-hydrogen) atoms. The van der Waals surface area contributed by atoms with E-state index in [0.29, 0.717) is 24.3 Å². The molecule has 0 aromatic rings. The zero-order chi connectivity index (χ0) is 13.9. The van der Waals surface area contributed by atoms with Gasteiger partial charge < -0.3 is 10.6 Å². The van der Waals surface area contributed by atoms with E-state index in [1.807, 2.05) is 4.90 Å². The predicted molar refractivity (Wildman–Crippen MR) is 77.9 cm³/mol. The molecule has 2 aliphatic rings. The van der Waals surface area contributed by atoms with Gasteiger partial charge in [0.2, 0.25) is 5.91 Å². The molecule has 2 aliphatic heterocycles. The van der Waals surface area contributed by atoms with E-state index >= 15 is 0 Å². The van der Waals surface area contributed by atoms with Crippen LogP contribution in [0.4, 0.5) is 0 Å². The summed E-state index contributed by atoms with van der Waals surface area (Å²) in [6, 6.07) is 0.229. The van der Waals surface area contributed by atoms with Crippen molar-refractivity contribution >= 4 is 5.91 Å². The predicted octanol–water partition coefficient (Wildman–Crippen LogP) is 1.45. The van der Waals surface area contributed by atoms with Gasteiger partial charge >= 0.3 is 0 Å². The van der Waals surface area contributed by atoms with Crippen molar-refractivity contribution in [2.24, 2.45) is 11.1 Å². The first-order chi connectivity index (χ1) is 9.02. The van der Waals surface area contributed by atoms with Gasteiger partial charge in [-0.3, -0.25) is 9.69 Å². The van der Waals surface area contributed by atoms with Gasteiger partial charge in [-0.05, 0) is 37.6 Å². The van der Waals surface area contributed by atoms with Crippen LogP contribution in [-0.4, -0.2) is 54.5 Å². The van der Waals surface area contributed by atoms with Crippen LogP contribution in [0, 0.1) is 5.41 Å². The van der Waals surface area contributed by atoms with Gasteiger partial charge in [-0.2, -0.15) is 0 Å². The maximum Gasteiger partial charge on any atom is 0.224 e. The first kappa shape index (κ1) is 14.8. The van der Waals surface area contributed by atoms with Crippen molar-refractivity contribution in [2.45, 2.75) is 52.0 Å². The molecule has 0 bridgehead atoms. The third-order valence-electron chi connectivity index (χ3n) is 4.59. The summed E-state index contributed by atoms with van der Waals surface area (Å²) in [6.07, 6.45) is 5.43. The van der Waals surface area contributed by atoms with Crippen LogP contribution in [-0.2, 0) is 4.79 Å². The minimum absolute atomic E-state index is 0.229. The Kier molecular flexibility index (Phi) is 4.85. The van der Waals surface area contributed by atoms with Gasteiger partial charge in [-0.15, -0.1) is 0 Å². The molecule has 0 aromatic heterocycles. The third-order valence-corrected chi connectivity index (χ3v) is 4.59. The van der Waals surface area contributed by atoms with Crippen LogP contribution >= 0.6 is 0 Å². The van der Waals surface area contributed by atoms with Gasteiger partial charge in [0.15, 0.2) is 0 Å². The summed E-state index contributed by atoms with van der Waals surface area (Å²) in [6.45, 7) is 9.28. The molecule has 0 radical (unpaired) electrons. The van der Waals surface area contributed by atoms with Crippen LogP contribution in [0.3, 0.4) is 0 Å². The molecule has 2 fully saturated rings. The quantitative estimate of drug-likeness (QED) is 0.838. The summed E-state index contributed by atoms with van der Waals surface area (Å²) in [7, 11) is 0. The van der Waals surface area contributed by atoms with Crippen molar-refractivity contribution in [1.29, 1.82) is 0 Å². The number of rotatable bonds is 4. The van der Waals surface area contributed by atoms with Crippen LogP contribution < -0.4 is 5.73 Å². The summed E-state index contributed by atoms with van der Waals surface area (Å²) in [5, 5.41) is 0. The highest BCUT2D eigenvalue weighted by Crippen LogP contribution is 2.30. The van der Waals surface area contributed by atoms with Gasteiger partial charge in [0.1, 0.15) is 0 Å². The van der Waals surface area contributed by atoms with Gasteiger partial charge in [0.05, 0.1) is 0 Å². The fourth-order valence-corrected chi connectivity index (χ4v) is 3.44. The zero-order valence-corrected chi connectivity index (χ0v) is 12.5. The molecule has 0 aromatic carbocycles. The van der Waals surface area contributed by atoms with Gasteiger partial charge in [-0.25, -0.2) is 0 Å². The van der Waals surface area contributed by atoms with Crippen LogP contribution in [0.15, 0.2) is 0 Å². The highest BCUT2D eigenvalue weighted by Gasteiger charge is 2.31. The van der Waals surface area contributed by atoms with Crippen LogP contribution in [0.2, 0.25) is 0 Å². The molecule has 0 aliphatic carbocycles. The summed E-state index contributed by atoms with van der Waals surface area (Å²) < 4.78 is 0. The van der Waals surface area contributed by atoms with E-state index in [4.69, 9.17) is 5.73 Å². The maximum absolute atomic E-state index is 12.3. The van der Waals surface area contributed by atoms with Crippen molar-refractivity contribution in [3.05, 3.63) is 0 Å². The monoisotopic (exact) mass is 267 g/mol. The Morgan fingerprint density at radius 1 is 1.21 bits per heavy atom. The fraction of sp³-hybridized carbons (Fsp3) is 0.933. The van der Waals surface area contributed by atoms with Gasteiger partial charge in [0.25, 0.3) is 0 Å². The Bertz CT molecular complexity index is 311. The van der Waals surface area contributed by atoms with Crippen molar-refractivity contribution in [1.82, 2.24) is 9.80 Å². The van der Waals surface area contributed by atoms with Gasteiger partial charge in [0, 0.05) is 38.6 Å². The molecular formula is C15H29N3O. The van der Waals surface area contributed by atoms with Crippen LogP contribution in [0.5, 0.6) is 0 Å². The Hall–Kier alpha value is -0.610. The molecule has 0 spiro atoms. The SMILES string of the molecule is CC1(C)CCCN(C(CN)CC(=O)N2CCCC2)C1. The lowest BCUT2D eigenvalue weighted by molar-refractivity contribution is -0.131. The second-order valence-corrected chi connectivity index (χ2v) is 6.92. The fourth-order valence-electron chi connectivity index (χ4n) is 3.44. The molecule has 1 amide bonds. The van der Waals surface area contributed by atoms with E-state index in [-0.39, 0.29) is 6.04 Å². The first-order valence-electron chi connectivity index (χ1n) is 7.74. The second kappa shape index (κ2) is 6.23. The van der Waals surface area contributed by atoms with Crippen molar-refractivity contribution in [3.63, 3.8) is 0 Å². The van der Waals surface area contributed by atoms with E-state index in [9.17, 15) is 4.79 Å². The molecule has 1 unspecified atom stereocenters. The third kappa shape index (κ3) is 3.93. The second-order valence-electron chi connectivity index (χ2n) is 6.92. The highest BCUT2D eigenvalue weighted by molar-refractivity contribution is 5.77. The lowest BCUT2D eigenvalue weighted by Crippen LogP contribution is -2.50. The molecule has 4 nitrogen and oxygen atoms in total. The maximum atomic E-state index is 12.3. The van der Waals surface area contributed by atoms with E-state index in [1.165, 1.54) is 12.8 Å². The number of hydrogen-bond acceptors (Lipinski definition) is 3. The number of amides is 1. The van der Waals surface area contributed by atoms with Crippen molar-refractivity contribution in [3.8, 4) is 0 Å². The summed E-state index contributed by atoms with van der Waals surface area (Å²) in [4.78, 5) is 16.7. The molecule has 2 saturated heterocycles. The Morgan fingerprint density at radius 2 is 1.89 bits per heavy atom. The molecule has 2 rings (SSSR count). The van der Waals surface area contributed by atoms with Crippen LogP contribution in [0.25, 0.3) is 0 Å². The number of carbonyl (C=O) groups excluding carboxylic acids is 1. The highest BCUT2D eigenvalue weighted by atomic mass is 16.2. The largest absolute Gasteiger partial charge is 0.343 e. The lowest BCUT2D eigenvalue weighted by Gasteiger charge is -2.42. The van der Waals surface area contributed by atoms with Gasteiger partial charge in [-0.1, -0.05) is 13.8 Å². The Labute approximate surface area is 117 Å². The molecule has 2 N–H and O–H groups in total. The van der Waals surface area contributed by atoms with E-state index in [1.54, 1.807) is 0 Å². The summed E-state index contributed by atoms with van der Waals surface area (Å²) in [5.74, 6) is 0.302. The molecule has 110 valence electrons.